The molecule has 0 aromatic carbocycles. The number of furan rings is 1. The Hall–Kier alpha value is -1.29. The van der Waals surface area contributed by atoms with Crippen molar-refractivity contribution in [2.45, 2.75) is 44.8 Å². The van der Waals surface area contributed by atoms with Crippen molar-refractivity contribution in [2.24, 2.45) is 0 Å². The topological polar surface area (TPSA) is 62.5 Å². The number of aliphatic hydroxyl groups is 1. The molecule has 1 fully saturated rings. The molecule has 0 aliphatic heterocycles. The van der Waals surface area contributed by atoms with Gasteiger partial charge in [0, 0.05) is 5.56 Å². The second kappa shape index (κ2) is 4.70. The molecule has 1 aromatic heterocycles. The molecular weight excluding hydrogens is 206 g/mol. The first-order valence-corrected chi connectivity index (χ1v) is 5.71. The van der Waals surface area contributed by atoms with Crippen molar-refractivity contribution in [1.29, 1.82) is 0 Å². The third kappa shape index (κ3) is 2.27. The van der Waals surface area contributed by atoms with E-state index >= 15 is 0 Å². The SMILES string of the molecule is Cc1ccoc1C(=O)N[C@@H]1CCCC[C@H]1O. The summed E-state index contributed by atoms with van der Waals surface area (Å²) in [5, 5.41) is 12.6. The third-order valence-corrected chi connectivity index (χ3v) is 3.11. The molecule has 16 heavy (non-hydrogen) atoms. The second-order valence-corrected chi connectivity index (χ2v) is 4.36. The van der Waals surface area contributed by atoms with Gasteiger partial charge in [0.1, 0.15) is 0 Å². The molecule has 0 saturated heterocycles. The molecule has 2 N–H and O–H groups in total. The average Bonchev–Trinajstić information content (AvgIpc) is 2.68. The fourth-order valence-corrected chi connectivity index (χ4v) is 2.12. The Balaban J connectivity index is 1.99. The fourth-order valence-electron chi connectivity index (χ4n) is 2.12. The summed E-state index contributed by atoms with van der Waals surface area (Å²) in [4.78, 5) is 11.8. The number of nitrogens with one attached hydrogen (secondary N) is 1. The number of rotatable bonds is 2. The van der Waals surface area contributed by atoms with E-state index in [2.05, 4.69) is 5.32 Å². The van der Waals surface area contributed by atoms with Crippen LogP contribution in [-0.2, 0) is 0 Å². The van der Waals surface area contributed by atoms with Gasteiger partial charge in [0.15, 0.2) is 5.76 Å². The largest absolute Gasteiger partial charge is 0.459 e. The van der Waals surface area contributed by atoms with Crippen LogP contribution >= 0.6 is 0 Å². The van der Waals surface area contributed by atoms with E-state index in [1.165, 1.54) is 6.26 Å². The van der Waals surface area contributed by atoms with Gasteiger partial charge in [-0.1, -0.05) is 12.8 Å². The normalized spacial score (nSPS) is 25.4. The molecule has 0 bridgehead atoms. The maximum Gasteiger partial charge on any atom is 0.287 e. The molecule has 1 aliphatic rings. The maximum absolute atomic E-state index is 11.8. The number of hydrogen-bond donors (Lipinski definition) is 2. The summed E-state index contributed by atoms with van der Waals surface area (Å²) in [6.07, 6.45) is 4.77. The maximum atomic E-state index is 11.8. The van der Waals surface area contributed by atoms with E-state index in [1.807, 2.05) is 6.92 Å². The molecule has 1 aromatic rings. The molecule has 2 rings (SSSR count). The minimum absolute atomic E-state index is 0.134. The van der Waals surface area contributed by atoms with Gasteiger partial charge in [0.05, 0.1) is 18.4 Å². The molecule has 0 radical (unpaired) electrons. The van der Waals surface area contributed by atoms with E-state index in [4.69, 9.17) is 4.42 Å². The Bertz CT molecular complexity index is 372. The second-order valence-electron chi connectivity index (χ2n) is 4.36. The van der Waals surface area contributed by atoms with Crippen LogP contribution in [0.2, 0.25) is 0 Å². The molecule has 0 spiro atoms. The minimum atomic E-state index is -0.423. The highest BCUT2D eigenvalue weighted by Crippen LogP contribution is 2.19. The Kier molecular flexibility index (Phi) is 3.29. The Morgan fingerprint density at radius 1 is 1.50 bits per heavy atom. The van der Waals surface area contributed by atoms with Crippen molar-refractivity contribution in [3.05, 3.63) is 23.7 Å². The Morgan fingerprint density at radius 3 is 2.88 bits per heavy atom. The molecule has 1 aliphatic carbocycles. The molecule has 4 nitrogen and oxygen atoms in total. The number of aryl methyl sites for hydroxylation is 1. The van der Waals surface area contributed by atoms with Crippen LogP contribution in [0.4, 0.5) is 0 Å². The van der Waals surface area contributed by atoms with Crippen molar-refractivity contribution in [1.82, 2.24) is 5.32 Å². The minimum Gasteiger partial charge on any atom is -0.459 e. The standard InChI is InChI=1S/C12H17NO3/c1-8-6-7-16-11(8)12(15)13-9-4-2-3-5-10(9)14/h6-7,9-10,14H,2-5H2,1H3,(H,13,15)/t9-,10-/m1/s1. The van der Waals surface area contributed by atoms with Gasteiger partial charge in [-0.2, -0.15) is 0 Å². The van der Waals surface area contributed by atoms with Gasteiger partial charge in [-0.15, -0.1) is 0 Å². The van der Waals surface area contributed by atoms with Crippen molar-refractivity contribution in [3.8, 4) is 0 Å². The number of aliphatic hydroxyl groups excluding tert-OH is 1. The van der Waals surface area contributed by atoms with E-state index in [-0.39, 0.29) is 11.9 Å². The van der Waals surface area contributed by atoms with E-state index < -0.39 is 6.10 Å². The summed E-state index contributed by atoms with van der Waals surface area (Å²) in [6.45, 7) is 1.83. The highest BCUT2D eigenvalue weighted by atomic mass is 16.3. The lowest BCUT2D eigenvalue weighted by atomic mass is 9.92. The molecular formula is C12H17NO3. The molecule has 2 atom stereocenters. The van der Waals surface area contributed by atoms with Crippen molar-refractivity contribution < 1.29 is 14.3 Å². The van der Waals surface area contributed by atoms with E-state index in [0.717, 1.165) is 31.2 Å². The summed E-state index contributed by atoms with van der Waals surface area (Å²) in [7, 11) is 0. The van der Waals surface area contributed by atoms with Gasteiger partial charge in [0.25, 0.3) is 5.91 Å². The first-order valence-electron chi connectivity index (χ1n) is 5.71. The van der Waals surface area contributed by atoms with Gasteiger partial charge in [-0.05, 0) is 25.8 Å². The Labute approximate surface area is 94.6 Å². The van der Waals surface area contributed by atoms with Crippen LogP contribution in [0.25, 0.3) is 0 Å². The summed E-state index contributed by atoms with van der Waals surface area (Å²) in [5.74, 6) is 0.117. The number of carbonyl (C=O) groups is 1. The first kappa shape index (κ1) is 11.2. The highest BCUT2D eigenvalue weighted by molar-refractivity contribution is 5.93. The van der Waals surface area contributed by atoms with Crippen LogP contribution in [0.15, 0.2) is 16.7 Å². The van der Waals surface area contributed by atoms with E-state index in [1.54, 1.807) is 6.07 Å². The molecule has 1 saturated carbocycles. The lowest BCUT2D eigenvalue weighted by molar-refractivity contribution is 0.0697. The van der Waals surface area contributed by atoms with Gasteiger partial charge < -0.3 is 14.8 Å². The van der Waals surface area contributed by atoms with Crippen LogP contribution in [0.1, 0.15) is 41.8 Å². The quantitative estimate of drug-likeness (QED) is 0.800. The van der Waals surface area contributed by atoms with E-state index in [9.17, 15) is 9.90 Å². The van der Waals surface area contributed by atoms with Gasteiger partial charge >= 0.3 is 0 Å². The van der Waals surface area contributed by atoms with Crippen molar-refractivity contribution in [3.63, 3.8) is 0 Å². The van der Waals surface area contributed by atoms with Gasteiger partial charge in [0.2, 0.25) is 0 Å². The van der Waals surface area contributed by atoms with Crippen LogP contribution in [0.5, 0.6) is 0 Å². The zero-order valence-electron chi connectivity index (χ0n) is 9.40. The predicted octanol–water partition coefficient (Wildman–Crippen LogP) is 1.62. The fraction of sp³-hybridized carbons (Fsp3) is 0.583. The summed E-state index contributed by atoms with van der Waals surface area (Å²) < 4.78 is 5.11. The van der Waals surface area contributed by atoms with Gasteiger partial charge in [-0.3, -0.25) is 4.79 Å². The summed E-state index contributed by atoms with van der Waals surface area (Å²) in [6, 6.07) is 1.62. The lowest BCUT2D eigenvalue weighted by Crippen LogP contribution is -2.45. The van der Waals surface area contributed by atoms with Crippen molar-refractivity contribution in [2.75, 3.05) is 0 Å². The van der Waals surface area contributed by atoms with Crippen LogP contribution in [0, 0.1) is 6.92 Å². The number of hydrogen-bond acceptors (Lipinski definition) is 3. The highest BCUT2D eigenvalue weighted by Gasteiger charge is 2.26. The molecule has 88 valence electrons. The zero-order chi connectivity index (χ0) is 11.5. The number of carbonyl (C=O) groups excluding carboxylic acids is 1. The van der Waals surface area contributed by atoms with Crippen LogP contribution in [-0.4, -0.2) is 23.2 Å². The van der Waals surface area contributed by atoms with Crippen molar-refractivity contribution >= 4 is 5.91 Å². The van der Waals surface area contributed by atoms with E-state index in [0.29, 0.717) is 5.76 Å². The molecule has 4 heteroatoms. The molecule has 1 heterocycles. The summed E-state index contributed by atoms with van der Waals surface area (Å²) in [5.41, 5.74) is 0.822. The Morgan fingerprint density at radius 2 is 2.25 bits per heavy atom. The molecule has 1 amide bonds. The van der Waals surface area contributed by atoms with Crippen LogP contribution < -0.4 is 5.32 Å². The van der Waals surface area contributed by atoms with Gasteiger partial charge in [-0.25, -0.2) is 0 Å². The predicted molar refractivity (Wildman–Crippen MR) is 59.2 cm³/mol. The third-order valence-electron chi connectivity index (χ3n) is 3.11. The van der Waals surface area contributed by atoms with Crippen LogP contribution in [0.3, 0.4) is 0 Å². The smallest absolute Gasteiger partial charge is 0.287 e. The average molecular weight is 223 g/mol. The first-order chi connectivity index (χ1) is 7.68. The molecule has 0 unspecified atom stereocenters. The monoisotopic (exact) mass is 223 g/mol. The number of amides is 1. The lowest BCUT2D eigenvalue weighted by Gasteiger charge is -2.28. The summed E-state index contributed by atoms with van der Waals surface area (Å²) >= 11 is 0. The zero-order valence-corrected chi connectivity index (χ0v) is 9.40.